The van der Waals surface area contributed by atoms with Crippen LogP contribution in [0.5, 0.6) is 0 Å². The number of hydrogen-bond donors (Lipinski definition) is 0. The van der Waals surface area contributed by atoms with E-state index in [1.54, 1.807) is 11.8 Å². The fourth-order valence-electron chi connectivity index (χ4n) is 3.13. The highest BCUT2D eigenvalue weighted by atomic mass is 16.6. The molecule has 0 aliphatic rings. The molecule has 1 amide bonds. The van der Waals surface area contributed by atoms with Crippen LogP contribution in [0, 0.1) is 17.0 Å². The Morgan fingerprint density at radius 1 is 0.903 bits per heavy atom. The summed E-state index contributed by atoms with van der Waals surface area (Å²) in [5, 5.41) is 10.9. The van der Waals surface area contributed by atoms with E-state index in [0.29, 0.717) is 18.7 Å². The smallest absolute Gasteiger partial charge is 0.338 e. The Morgan fingerprint density at radius 2 is 1.45 bits per heavy atom. The van der Waals surface area contributed by atoms with Crippen LogP contribution in [-0.2, 0) is 22.6 Å². The largest absolute Gasteiger partial charge is 0.452 e. The molecule has 7 nitrogen and oxygen atoms in total. The number of ether oxygens (including phenoxy) is 1. The number of aryl methyl sites for hydroxylation is 1. The Bertz CT molecular complexity index is 1030. The molecule has 3 aromatic carbocycles. The molecule has 3 aromatic rings. The SMILES string of the molecule is Cc1cc(C(=O)OCC(=O)N(Cc2ccccc2)Cc2ccccc2)ccc1[N+](=O)[O-]. The highest BCUT2D eigenvalue weighted by Crippen LogP contribution is 2.19. The molecule has 0 aliphatic heterocycles. The molecular weight excluding hydrogens is 396 g/mol. The lowest BCUT2D eigenvalue weighted by atomic mass is 10.1. The molecule has 0 saturated carbocycles. The van der Waals surface area contributed by atoms with Crippen LogP contribution in [0.15, 0.2) is 78.9 Å². The predicted octanol–water partition coefficient (Wildman–Crippen LogP) is 4.29. The average Bonchev–Trinajstić information content (AvgIpc) is 2.78. The summed E-state index contributed by atoms with van der Waals surface area (Å²) in [7, 11) is 0. The van der Waals surface area contributed by atoms with Crippen LogP contribution < -0.4 is 0 Å². The second-order valence-electron chi connectivity index (χ2n) is 7.06. The van der Waals surface area contributed by atoms with Gasteiger partial charge in [-0.1, -0.05) is 60.7 Å². The maximum absolute atomic E-state index is 12.9. The van der Waals surface area contributed by atoms with E-state index in [-0.39, 0.29) is 17.2 Å². The first kappa shape index (κ1) is 21.7. The molecule has 0 unspecified atom stereocenters. The number of esters is 1. The average molecular weight is 418 g/mol. The van der Waals surface area contributed by atoms with Crippen LogP contribution in [0.3, 0.4) is 0 Å². The molecule has 0 bridgehead atoms. The van der Waals surface area contributed by atoms with E-state index in [1.807, 2.05) is 60.7 Å². The maximum atomic E-state index is 12.9. The van der Waals surface area contributed by atoms with Crippen molar-refractivity contribution in [3.8, 4) is 0 Å². The number of carbonyl (C=O) groups excluding carboxylic acids is 2. The van der Waals surface area contributed by atoms with E-state index in [0.717, 1.165) is 11.1 Å². The predicted molar refractivity (Wildman–Crippen MR) is 115 cm³/mol. The second-order valence-corrected chi connectivity index (χ2v) is 7.06. The topological polar surface area (TPSA) is 89.8 Å². The minimum absolute atomic E-state index is 0.0791. The summed E-state index contributed by atoms with van der Waals surface area (Å²) in [6.07, 6.45) is 0. The maximum Gasteiger partial charge on any atom is 0.338 e. The van der Waals surface area contributed by atoms with Crippen LogP contribution in [0.1, 0.15) is 27.0 Å². The van der Waals surface area contributed by atoms with Crippen molar-refractivity contribution in [1.29, 1.82) is 0 Å². The first-order valence-corrected chi connectivity index (χ1v) is 9.72. The molecule has 0 fully saturated rings. The Kier molecular flexibility index (Phi) is 7.11. The zero-order valence-electron chi connectivity index (χ0n) is 17.1. The molecule has 0 spiro atoms. The van der Waals surface area contributed by atoms with Gasteiger partial charge in [-0.2, -0.15) is 0 Å². The minimum atomic E-state index is -0.703. The van der Waals surface area contributed by atoms with Crippen LogP contribution in [0.25, 0.3) is 0 Å². The van der Waals surface area contributed by atoms with Gasteiger partial charge in [-0.15, -0.1) is 0 Å². The van der Waals surface area contributed by atoms with Crippen molar-refractivity contribution < 1.29 is 19.2 Å². The highest BCUT2D eigenvalue weighted by molar-refractivity contribution is 5.91. The van der Waals surface area contributed by atoms with Gasteiger partial charge in [0.15, 0.2) is 6.61 Å². The molecule has 0 saturated heterocycles. The van der Waals surface area contributed by atoms with E-state index in [4.69, 9.17) is 4.74 Å². The molecule has 0 N–H and O–H groups in total. The van der Waals surface area contributed by atoms with Gasteiger partial charge in [0.2, 0.25) is 0 Å². The fourth-order valence-corrected chi connectivity index (χ4v) is 3.13. The summed E-state index contributed by atoms with van der Waals surface area (Å²) in [5.41, 5.74) is 2.35. The zero-order chi connectivity index (χ0) is 22.2. The number of nitrogens with zero attached hydrogens (tertiary/aromatic N) is 2. The summed E-state index contributed by atoms with van der Waals surface area (Å²) in [5.74, 6) is -1.04. The number of carbonyl (C=O) groups is 2. The summed E-state index contributed by atoms with van der Waals surface area (Å²) in [6, 6.07) is 23.1. The molecule has 0 atom stereocenters. The van der Waals surface area contributed by atoms with E-state index in [1.165, 1.54) is 18.2 Å². The van der Waals surface area contributed by atoms with E-state index in [2.05, 4.69) is 0 Å². The first-order valence-electron chi connectivity index (χ1n) is 9.72. The standard InChI is InChI=1S/C24H22N2O5/c1-18-14-21(12-13-22(18)26(29)30)24(28)31-17-23(27)25(15-19-8-4-2-5-9-19)16-20-10-6-3-7-11-20/h2-14H,15-17H2,1H3. The van der Waals surface area contributed by atoms with Gasteiger partial charge in [0.05, 0.1) is 10.5 Å². The van der Waals surface area contributed by atoms with Crippen LogP contribution in [0.2, 0.25) is 0 Å². The molecule has 0 heterocycles. The Hall–Kier alpha value is -4.00. The van der Waals surface area contributed by atoms with E-state index >= 15 is 0 Å². The number of amides is 1. The Morgan fingerprint density at radius 3 is 1.94 bits per heavy atom. The lowest BCUT2D eigenvalue weighted by molar-refractivity contribution is -0.385. The number of hydrogen-bond acceptors (Lipinski definition) is 5. The Balaban J connectivity index is 1.68. The summed E-state index contributed by atoms with van der Waals surface area (Å²) in [6.45, 7) is 1.88. The van der Waals surface area contributed by atoms with E-state index in [9.17, 15) is 19.7 Å². The van der Waals surface area contributed by atoms with Crippen molar-refractivity contribution in [2.45, 2.75) is 20.0 Å². The quantitative estimate of drug-likeness (QED) is 0.309. The van der Waals surface area contributed by atoms with Crippen molar-refractivity contribution >= 4 is 17.6 Å². The number of nitro benzene ring substituents is 1. The number of rotatable bonds is 8. The van der Waals surface area contributed by atoms with Gasteiger partial charge in [-0.25, -0.2) is 4.79 Å². The van der Waals surface area contributed by atoms with Gasteiger partial charge >= 0.3 is 5.97 Å². The molecule has 0 radical (unpaired) electrons. The first-order chi connectivity index (χ1) is 14.9. The Labute approximate surface area is 180 Å². The molecule has 0 aromatic heterocycles. The fraction of sp³-hybridized carbons (Fsp3) is 0.167. The van der Waals surface area contributed by atoms with Crippen LogP contribution in [-0.4, -0.2) is 28.3 Å². The van der Waals surface area contributed by atoms with Crippen LogP contribution in [0.4, 0.5) is 5.69 Å². The van der Waals surface area contributed by atoms with Crippen molar-refractivity contribution in [3.05, 3.63) is 111 Å². The minimum Gasteiger partial charge on any atom is -0.452 e. The molecular formula is C24H22N2O5. The van der Waals surface area contributed by atoms with Gasteiger partial charge in [-0.05, 0) is 30.2 Å². The third-order valence-electron chi connectivity index (χ3n) is 4.74. The zero-order valence-corrected chi connectivity index (χ0v) is 17.1. The monoisotopic (exact) mass is 418 g/mol. The van der Waals surface area contributed by atoms with Crippen molar-refractivity contribution in [2.24, 2.45) is 0 Å². The number of benzene rings is 3. The lowest BCUT2D eigenvalue weighted by Crippen LogP contribution is -2.34. The molecule has 3 rings (SSSR count). The normalized spacial score (nSPS) is 10.4. The van der Waals surface area contributed by atoms with E-state index < -0.39 is 17.5 Å². The van der Waals surface area contributed by atoms with Crippen molar-refractivity contribution in [2.75, 3.05) is 6.61 Å². The molecule has 0 aliphatic carbocycles. The number of nitro groups is 1. The third-order valence-corrected chi connectivity index (χ3v) is 4.74. The van der Waals surface area contributed by atoms with Gasteiger partial charge in [0.1, 0.15) is 0 Å². The summed E-state index contributed by atoms with van der Waals surface area (Å²) >= 11 is 0. The van der Waals surface area contributed by atoms with Crippen LogP contribution >= 0.6 is 0 Å². The van der Waals surface area contributed by atoms with Crippen molar-refractivity contribution in [1.82, 2.24) is 4.90 Å². The van der Waals surface area contributed by atoms with Gasteiger partial charge in [-0.3, -0.25) is 14.9 Å². The molecule has 31 heavy (non-hydrogen) atoms. The summed E-state index contributed by atoms with van der Waals surface area (Å²) < 4.78 is 5.20. The van der Waals surface area contributed by atoms with Crippen molar-refractivity contribution in [3.63, 3.8) is 0 Å². The molecule has 158 valence electrons. The summed E-state index contributed by atoms with van der Waals surface area (Å²) in [4.78, 5) is 37.3. The van der Waals surface area contributed by atoms with Gasteiger partial charge < -0.3 is 9.64 Å². The third kappa shape index (κ3) is 5.99. The molecule has 7 heteroatoms. The lowest BCUT2D eigenvalue weighted by Gasteiger charge is -2.23. The van der Waals surface area contributed by atoms with Gasteiger partial charge in [0.25, 0.3) is 11.6 Å². The second kappa shape index (κ2) is 10.2. The van der Waals surface area contributed by atoms with Gasteiger partial charge in [0, 0.05) is 24.7 Å². The highest BCUT2D eigenvalue weighted by Gasteiger charge is 2.19.